The van der Waals surface area contributed by atoms with Crippen molar-refractivity contribution in [3.05, 3.63) is 0 Å². The van der Waals surface area contributed by atoms with Crippen molar-refractivity contribution in [2.24, 2.45) is 0 Å². The van der Waals surface area contributed by atoms with Gasteiger partial charge in [-0.2, -0.15) is 0 Å². The largest absolute Gasteiger partial charge is 0.468 e. The van der Waals surface area contributed by atoms with Gasteiger partial charge in [0.15, 0.2) is 0 Å². The molecule has 6 nitrogen and oxygen atoms in total. The van der Waals surface area contributed by atoms with Crippen LogP contribution in [0.3, 0.4) is 0 Å². The van der Waals surface area contributed by atoms with E-state index in [9.17, 15) is 9.59 Å². The molecule has 0 aromatic heterocycles. The number of rotatable bonds is 5. The molecule has 0 aromatic carbocycles. The van der Waals surface area contributed by atoms with Gasteiger partial charge in [-0.25, -0.2) is 0 Å². The Bertz CT molecular complexity index is 239. The summed E-state index contributed by atoms with van der Waals surface area (Å²) in [7, 11) is 1.28. The highest BCUT2D eigenvalue weighted by molar-refractivity contribution is 5.82. The van der Waals surface area contributed by atoms with Crippen LogP contribution in [0, 0.1) is 0 Å². The summed E-state index contributed by atoms with van der Waals surface area (Å²) in [6.07, 6.45) is 1.99. The average molecular weight is 230 g/mol. The van der Waals surface area contributed by atoms with Crippen LogP contribution in [-0.4, -0.2) is 51.3 Å². The number of nitrogens with one attached hydrogen (secondary N) is 2. The van der Waals surface area contributed by atoms with Gasteiger partial charge in [0.05, 0.1) is 13.2 Å². The van der Waals surface area contributed by atoms with E-state index in [1.807, 2.05) is 0 Å². The molecule has 1 saturated heterocycles. The Balaban J connectivity index is 2.07. The van der Waals surface area contributed by atoms with Crippen LogP contribution >= 0.6 is 0 Å². The highest BCUT2D eigenvalue weighted by Crippen LogP contribution is 2.06. The molecule has 0 saturated carbocycles. The first-order valence-corrected chi connectivity index (χ1v) is 5.38. The van der Waals surface area contributed by atoms with Crippen LogP contribution in [0.25, 0.3) is 0 Å². The summed E-state index contributed by atoms with van der Waals surface area (Å²) in [6.45, 7) is 1.75. The monoisotopic (exact) mass is 230 g/mol. The van der Waals surface area contributed by atoms with Gasteiger partial charge in [-0.3, -0.25) is 9.59 Å². The van der Waals surface area contributed by atoms with Crippen LogP contribution < -0.4 is 10.6 Å². The smallest absolute Gasteiger partial charge is 0.325 e. The first kappa shape index (κ1) is 12.9. The molecule has 0 spiro atoms. The summed E-state index contributed by atoms with van der Waals surface area (Å²) < 4.78 is 9.80. The van der Waals surface area contributed by atoms with Gasteiger partial charge in [-0.1, -0.05) is 0 Å². The molecule has 1 fully saturated rings. The van der Waals surface area contributed by atoms with Crippen molar-refractivity contribution in [1.82, 2.24) is 10.6 Å². The van der Waals surface area contributed by atoms with E-state index in [4.69, 9.17) is 4.74 Å². The lowest BCUT2D eigenvalue weighted by atomic mass is 10.1. The predicted molar refractivity (Wildman–Crippen MR) is 56.9 cm³/mol. The third-order valence-electron chi connectivity index (χ3n) is 2.39. The van der Waals surface area contributed by atoms with Gasteiger partial charge in [-0.15, -0.1) is 0 Å². The van der Waals surface area contributed by atoms with Crippen molar-refractivity contribution in [1.29, 1.82) is 0 Å². The molecular formula is C10H18N2O4. The van der Waals surface area contributed by atoms with Crippen molar-refractivity contribution < 1.29 is 19.1 Å². The standard InChI is InChI=1S/C10H18N2O4/c1-15-10(14)6-12-9(13)7-16-8-2-4-11-5-3-8/h8,11H,2-7H2,1H3,(H,12,13). The van der Waals surface area contributed by atoms with Crippen LogP contribution in [0.5, 0.6) is 0 Å². The third kappa shape index (κ3) is 5.09. The Morgan fingerprint density at radius 3 is 2.69 bits per heavy atom. The number of amides is 1. The number of carbonyl (C=O) groups is 2. The molecule has 1 rings (SSSR count). The van der Waals surface area contributed by atoms with E-state index in [2.05, 4.69) is 15.4 Å². The van der Waals surface area contributed by atoms with Crippen LogP contribution in [0.1, 0.15) is 12.8 Å². The van der Waals surface area contributed by atoms with Gasteiger partial charge < -0.3 is 20.1 Å². The first-order chi connectivity index (χ1) is 7.72. The van der Waals surface area contributed by atoms with Gasteiger partial charge >= 0.3 is 5.97 Å². The average Bonchev–Trinajstić information content (AvgIpc) is 2.34. The molecular weight excluding hydrogens is 212 g/mol. The van der Waals surface area contributed by atoms with E-state index in [-0.39, 0.29) is 25.2 Å². The van der Waals surface area contributed by atoms with E-state index in [0.29, 0.717) is 0 Å². The van der Waals surface area contributed by atoms with Crippen molar-refractivity contribution in [3.63, 3.8) is 0 Å². The van der Waals surface area contributed by atoms with E-state index < -0.39 is 5.97 Å². The lowest BCUT2D eigenvalue weighted by Gasteiger charge is -2.22. The summed E-state index contributed by atoms with van der Waals surface area (Å²) in [5, 5.41) is 5.63. The fourth-order valence-corrected chi connectivity index (χ4v) is 1.45. The second kappa shape index (κ2) is 7.19. The summed E-state index contributed by atoms with van der Waals surface area (Å²) in [5.41, 5.74) is 0. The lowest BCUT2D eigenvalue weighted by Crippen LogP contribution is -2.37. The molecule has 16 heavy (non-hydrogen) atoms. The second-order valence-corrected chi connectivity index (χ2v) is 3.61. The molecule has 1 aliphatic rings. The molecule has 1 heterocycles. The normalized spacial score (nSPS) is 16.8. The summed E-state index contributed by atoms with van der Waals surface area (Å²) >= 11 is 0. The molecule has 0 aliphatic carbocycles. The Morgan fingerprint density at radius 2 is 2.06 bits per heavy atom. The van der Waals surface area contributed by atoms with Gasteiger partial charge in [0.2, 0.25) is 5.91 Å². The maximum atomic E-state index is 11.2. The molecule has 1 amide bonds. The minimum absolute atomic E-state index is 0.00165. The van der Waals surface area contributed by atoms with Crippen LogP contribution in [0.15, 0.2) is 0 Å². The summed E-state index contributed by atoms with van der Waals surface area (Å²) in [5.74, 6) is -0.751. The first-order valence-electron chi connectivity index (χ1n) is 5.38. The predicted octanol–water partition coefficient (Wildman–Crippen LogP) is -0.956. The number of hydrogen-bond acceptors (Lipinski definition) is 5. The lowest BCUT2D eigenvalue weighted by molar-refractivity contribution is -0.142. The SMILES string of the molecule is COC(=O)CNC(=O)COC1CCNCC1. The number of piperidine rings is 1. The maximum Gasteiger partial charge on any atom is 0.325 e. The zero-order chi connectivity index (χ0) is 11.8. The number of hydrogen-bond donors (Lipinski definition) is 2. The zero-order valence-electron chi connectivity index (χ0n) is 9.45. The van der Waals surface area contributed by atoms with Gasteiger partial charge in [-0.05, 0) is 25.9 Å². The van der Waals surface area contributed by atoms with E-state index in [0.717, 1.165) is 25.9 Å². The van der Waals surface area contributed by atoms with E-state index in [1.165, 1.54) is 7.11 Å². The van der Waals surface area contributed by atoms with Gasteiger partial charge in [0.1, 0.15) is 13.2 Å². The maximum absolute atomic E-state index is 11.2. The molecule has 0 radical (unpaired) electrons. The minimum Gasteiger partial charge on any atom is -0.468 e. The van der Waals surface area contributed by atoms with Gasteiger partial charge in [0.25, 0.3) is 0 Å². The Morgan fingerprint density at radius 1 is 1.38 bits per heavy atom. The number of methoxy groups -OCH3 is 1. The Labute approximate surface area is 94.7 Å². The van der Waals surface area contributed by atoms with Crippen LogP contribution in [0.2, 0.25) is 0 Å². The summed E-state index contributed by atoms with van der Waals surface area (Å²) in [6, 6.07) is 0. The van der Waals surface area contributed by atoms with E-state index in [1.54, 1.807) is 0 Å². The number of esters is 1. The zero-order valence-corrected chi connectivity index (χ0v) is 9.45. The minimum atomic E-state index is -0.463. The number of carbonyl (C=O) groups excluding carboxylic acids is 2. The Hall–Kier alpha value is -1.14. The van der Waals surface area contributed by atoms with Crippen molar-refractivity contribution in [2.75, 3.05) is 33.4 Å². The fourth-order valence-electron chi connectivity index (χ4n) is 1.45. The molecule has 1 aliphatic heterocycles. The highest BCUT2D eigenvalue weighted by atomic mass is 16.5. The van der Waals surface area contributed by atoms with Crippen molar-refractivity contribution in [3.8, 4) is 0 Å². The van der Waals surface area contributed by atoms with Crippen molar-refractivity contribution >= 4 is 11.9 Å². The molecule has 0 aromatic rings. The quantitative estimate of drug-likeness (QED) is 0.595. The van der Waals surface area contributed by atoms with E-state index >= 15 is 0 Å². The molecule has 6 heteroatoms. The molecule has 2 N–H and O–H groups in total. The number of ether oxygens (including phenoxy) is 2. The topological polar surface area (TPSA) is 76.7 Å². The molecule has 0 atom stereocenters. The van der Waals surface area contributed by atoms with Crippen LogP contribution in [-0.2, 0) is 19.1 Å². The highest BCUT2D eigenvalue weighted by Gasteiger charge is 2.14. The molecule has 92 valence electrons. The summed E-state index contributed by atoms with van der Waals surface area (Å²) in [4.78, 5) is 22.0. The van der Waals surface area contributed by atoms with Crippen LogP contribution in [0.4, 0.5) is 0 Å². The fraction of sp³-hybridized carbons (Fsp3) is 0.800. The van der Waals surface area contributed by atoms with Crippen molar-refractivity contribution in [2.45, 2.75) is 18.9 Å². The third-order valence-corrected chi connectivity index (χ3v) is 2.39. The molecule has 0 unspecified atom stereocenters. The Kier molecular flexibility index (Phi) is 5.81. The molecule has 0 bridgehead atoms. The van der Waals surface area contributed by atoms with Gasteiger partial charge in [0, 0.05) is 0 Å². The second-order valence-electron chi connectivity index (χ2n) is 3.61.